The van der Waals surface area contributed by atoms with Gasteiger partial charge in [-0.15, -0.1) is 5.11 Å². The summed E-state index contributed by atoms with van der Waals surface area (Å²) in [6, 6.07) is 20.5. The fourth-order valence-corrected chi connectivity index (χ4v) is 13.6. The van der Waals surface area contributed by atoms with Crippen LogP contribution in [0.15, 0.2) is 95.3 Å². The Labute approximate surface area is 789 Å². The van der Waals surface area contributed by atoms with Gasteiger partial charge in [0.25, 0.3) is 0 Å². The molecule has 0 bridgehead atoms. The highest BCUT2D eigenvalue weighted by Crippen LogP contribution is 2.33. The van der Waals surface area contributed by atoms with E-state index in [1.165, 1.54) is 95.3 Å². The molecule has 0 aliphatic rings. The average molecular weight is 1840 g/mol. The molecule has 0 aromatic heterocycles. The molecule has 0 unspecified atom stereocenters. The summed E-state index contributed by atoms with van der Waals surface area (Å²) in [5, 5.41) is 24.4. The van der Waals surface area contributed by atoms with Crippen molar-refractivity contribution in [1.82, 2.24) is 5.01 Å². The van der Waals surface area contributed by atoms with Crippen molar-refractivity contribution in [3.05, 3.63) is 174 Å². The number of anilines is 5. The Balaban J connectivity index is 1.67. The van der Waals surface area contributed by atoms with E-state index in [1.807, 2.05) is 13.8 Å². The molecule has 0 aliphatic carbocycles. The number of rotatable bonds is 52. The van der Waals surface area contributed by atoms with Gasteiger partial charge in [-0.1, -0.05) is 233 Å². The third-order valence-electron chi connectivity index (χ3n) is 20.6. The van der Waals surface area contributed by atoms with Crippen molar-refractivity contribution in [1.29, 1.82) is 0 Å². The molecule has 0 fully saturated rings. The van der Waals surface area contributed by atoms with E-state index in [0.29, 0.717) is 58.6 Å². The van der Waals surface area contributed by atoms with Gasteiger partial charge in [0.05, 0.1) is 134 Å². The second kappa shape index (κ2) is 62.1. The SMILES string of the molecule is CCCCCCCCOC(=O)c1cc(NC(C)=O)c(C#Cc2cc(C#Cc3cc(C#Cc4ccccc4C(=O)OCCOCCOCCOC)c(NC(C)=O)cc3C(=O)OCCCCCCCC)c(NC(C)=O)cc2C(=O)OCCCCCCCC)cc1C#Cc1cc(C#Cc2cc(N=NN(CC)CC)c(C(=O)OCCCCCCCC)cc2NC(C)=O)c(C(=O)OC)cc1NC(C)=O. The van der Waals surface area contributed by atoms with E-state index in [0.717, 1.165) is 136 Å². The molecule has 0 atom stereocenters. The number of hydrogen-bond acceptors (Lipinski definition) is 22. The molecule has 0 saturated heterocycles. The summed E-state index contributed by atoms with van der Waals surface area (Å²) in [4.78, 5) is 152. The maximum absolute atomic E-state index is 14.8. The molecule has 6 rings (SSSR count). The molecular formula is C106H130N8O20. The van der Waals surface area contributed by atoms with Crippen LogP contribution in [-0.2, 0) is 66.6 Å². The monoisotopic (exact) mass is 1830 g/mol. The topological polar surface area (TPSA) is 359 Å². The van der Waals surface area contributed by atoms with E-state index in [4.69, 9.17) is 42.6 Å². The van der Waals surface area contributed by atoms with Gasteiger partial charge in [-0.2, -0.15) is 0 Å². The second-order valence-corrected chi connectivity index (χ2v) is 31.7. The van der Waals surface area contributed by atoms with Gasteiger partial charge in [0, 0.05) is 105 Å². The Morgan fingerprint density at radius 2 is 0.537 bits per heavy atom. The Morgan fingerprint density at radius 1 is 0.276 bits per heavy atom. The lowest BCUT2D eigenvalue weighted by Crippen LogP contribution is -2.15. The van der Waals surface area contributed by atoms with Gasteiger partial charge in [0.2, 0.25) is 29.5 Å². The van der Waals surface area contributed by atoms with E-state index >= 15 is 0 Å². The Hall–Kier alpha value is -13.4. The summed E-state index contributed by atoms with van der Waals surface area (Å²) in [5.74, 6) is 23.4. The zero-order chi connectivity index (χ0) is 97.4. The molecule has 714 valence electrons. The molecule has 0 radical (unpaired) electrons. The van der Waals surface area contributed by atoms with E-state index < -0.39 is 65.4 Å². The number of nitrogens with one attached hydrogen (secondary N) is 5. The van der Waals surface area contributed by atoms with Gasteiger partial charge < -0.3 is 69.2 Å². The van der Waals surface area contributed by atoms with Gasteiger partial charge in [-0.05, 0) is 112 Å². The first-order valence-electron chi connectivity index (χ1n) is 46.5. The largest absolute Gasteiger partial charge is 0.465 e. The number of amides is 5. The van der Waals surface area contributed by atoms with Crippen molar-refractivity contribution >= 4 is 99.5 Å². The van der Waals surface area contributed by atoms with E-state index in [2.05, 4.69) is 124 Å². The fourth-order valence-electron chi connectivity index (χ4n) is 13.6. The van der Waals surface area contributed by atoms with Crippen LogP contribution in [0, 0.1) is 59.2 Å². The number of hydrogen-bond donors (Lipinski definition) is 5. The number of esters is 6. The van der Waals surface area contributed by atoms with Gasteiger partial charge in [-0.3, -0.25) is 29.0 Å². The zero-order valence-electron chi connectivity index (χ0n) is 80.0. The van der Waals surface area contributed by atoms with Crippen LogP contribution < -0.4 is 26.6 Å². The predicted octanol–water partition coefficient (Wildman–Crippen LogP) is 19.5. The van der Waals surface area contributed by atoms with Crippen LogP contribution in [0.25, 0.3) is 0 Å². The molecule has 0 spiro atoms. The van der Waals surface area contributed by atoms with Crippen LogP contribution in [0.4, 0.5) is 34.1 Å². The number of carbonyl (C=O) groups excluding carboxylic acids is 11. The van der Waals surface area contributed by atoms with E-state index in [-0.39, 0.29) is 169 Å². The lowest BCUT2D eigenvalue weighted by Gasteiger charge is -2.14. The van der Waals surface area contributed by atoms with Crippen molar-refractivity contribution < 1.29 is 95.4 Å². The molecule has 5 N–H and O–H groups in total. The molecule has 0 aliphatic heterocycles. The van der Waals surface area contributed by atoms with Gasteiger partial charge >= 0.3 is 35.8 Å². The molecular weight excluding hydrogens is 1710 g/mol. The normalized spacial score (nSPS) is 10.5. The van der Waals surface area contributed by atoms with Crippen molar-refractivity contribution in [3.63, 3.8) is 0 Å². The maximum Gasteiger partial charge on any atom is 0.340 e. The number of ether oxygens (including phenoxy) is 9. The Kier molecular flexibility index (Phi) is 50.6. The van der Waals surface area contributed by atoms with Crippen LogP contribution in [0.1, 0.15) is 348 Å². The predicted molar refractivity (Wildman–Crippen MR) is 517 cm³/mol. The number of benzene rings is 6. The molecule has 6 aromatic rings. The molecule has 6 aromatic carbocycles. The summed E-state index contributed by atoms with van der Waals surface area (Å²) in [5.41, 5.74) is 0.496. The van der Waals surface area contributed by atoms with Gasteiger partial charge in [0.15, 0.2) is 0 Å². The second-order valence-electron chi connectivity index (χ2n) is 31.7. The Bertz CT molecular complexity index is 5400. The minimum absolute atomic E-state index is 0.00125. The van der Waals surface area contributed by atoms with E-state index in [9.17, 15) is 52.7 Å². The molecule has 0 saturated carbocycles. The zero-order valence-corrected chi connectivity index (χ0v) is 80.0. The third-order valence-corrected chi connectivity index (χ3v) is 20.6. The fraction of sp³-hybridized carbons (Fsp3) is 0.462. The first-order chi connectivity index (χ1) is 64.8. The van der Waals surface area contributed by atoms with Gasteiger partial charge in [-0.25, -0.2) is 28.8 Å². The van der Waals surface area contributed by atoms with Crippen LogP contribution in [-0.4, -0.2) is 164 Å². The first kappa shape index (κ1) is 109. The molecule has 5 amide bonds. The summed E-state index contributed by atoms with van der Waals surface area (Å²) in [6.45, 7) is 21.1. The van der Waals surface area contributed by atoms with Crippen LogP contribution in [0.3, 0.4) is 0 Å². The van der Waals surface area contributed by atoms with Crippen LogP contribution in [0.5, 0.6) is 0 Å². The number of unbranched alkanes of at least 4 members (excludes halogenated alkanes) is 20. The summed E-state index contributed by atoms with van der Waals surface area (Å²) in [7, 11) is 2.73. The smallest absolute Gasteiger partial charge is 0.340 e. The standard InChI is InChI=1S/C106H130N8O20/c1-14-20-24-28-32-38-54-130-103(122)91-70-96(108-75(8)116)84(49-44-79-42-36-37-43-89(79)102(121)134-63-62-129-61-60-128-59-58-126-12)65-81(91)46-51-86-67-83(93(72-97(86)109-76(9)117)105(124)132-56-40-34-30-26-22-16-3)47-52-87-66-82(92(71-98(87)110-77(10)118)104(123)131-55-39-33-29-25-21-15-2)45-50-85-64-80(90(101(120)127-13)69-95(85)107-74(7)115)48-53-88-68-100(112-113-114(18-5)19-6)94(73-99(88)111-78(11)119)106(125)133-57-41-35-31-27-23-17-4/h36-37,42-43,64-73H,14-35,38-41,54-63H2,1-13H3,(H,107,115)(H,108,116)(H,109,117)(H,110,118)(H,111,119). The summed E-state index contributed by atoms with van der Waals surface area (Å²) in [6.07, 6.45) is 21.6. The lowest BCUT2D eigenvalue weighted by atomic mass is 9.98. The first-order valence-corrected chi connectivity index (χ1v) is 46.5. The highest BCUT2D eigenvalue weighted by atomic mass is 16.6. The minimum Gasteiger partial charge on any atom is -0.465 e. The van der Waals surface area contributed by atoms with E-state index in [1.54, 1.807) is 36.4 Å². The van der Waals surface area contributed by atoms with Crippen LogP contribution in [0.2, 0.25) is 0 Å². The highest BCUT2D eigenvalue weighted by molar-refractivity contribution is 6.03. The lowest BCUT2D eigenvalue weighted by molar-refractivity contribution is -0.115. The summed E-state index contributed by atoms with van der Waals surface area (Å²) >= 11 is 0. The molecule has 0 heterocycles. The van der Waals surface area contributed by atoms with Crippen LogP contribution >= 0.6 is 0 Å². The average Bonchev–Trinajstić information content (AvgIpc) is 0.793. The van der Waals surface area contributed by atoms with Gasteiger partial charge in [0.1, 0.15) is 12.3 Å². The maximum atomic E-state index is 14.8. The minimum atomic E-state index is -0.877. The Morgan fingerprint density at radius 3 is 0.858 bits per heavy atom. The number of methoxy groups -OCH3 is 2. The van der Waals surface area contributed by atoms with Crippen molar-refractivity contribution in [2.45, 2.75) is 230 Å². The molecule has 28 nitrogen and oxygen atoms in total. The quantitative estimate of drug-likeness (QED) is 0.00591. The van der Waals surface area contributed by atoms with Crippen molar-refractivity contribution in [3.8, 4) is 59.2 Å². The third kappa shape index (κ3) is 39.2. The number of nitrogens with zero attached hydrogens (tertiary/aromatic N) is 3. The van der Waals surface area contributed by atoms with Crippen molar-refractivity contribution in [2.24, 2.45) is 10.3 Å². The number of carbonyl (C=O) groups is 11. The summed E-state index contributed by atoms with van der Waals surface area (Å²) < 4.78 is 50.6. The molecule has 134 heavy (non-hydrogen) atoms. The molecule has 28 heteroatoms. The van der Waals surface area contributed by atoms with Crippen molar-refractivity contribution in [2.75, 3.05) is 120 Å². The highest BCUT2D eigenvalue weighted by Gasteiger charge is 2.25.